The van der Waals surface area contributed by atoms with Crippen LogP contribution in [0.1, 0.15) is 49.5 Å². The zero-order chi connectivity index (χ0) is 20.1. The molecule has 0 unspecified atom stereocenters. The van der Waals surface area contributed by atoms with Crippen molar-refractivity contribution in [1.29, 1.82) is 0 Å². The minimum atomic E-state index is -0.370. The summed E-state index contributed by atoms with van der Waals surface area (Å²) in [5.41, 5.74) is 2.56. The van der Waals surface area contributed by atoms with Gasteiger partial charge in [0.25, 0.3) is 17.7 Å². The van der Waals surface area contributed by atoms with E-state index in [1.807, 2.05) is 30.0 Å². The van der Waals surface area contributed by atoms with Crippen molar-refractivity contribution in [3.63, 3.8) is 0 Å². The lowest BCUT2D eigenvalue weighted by atomic mass is 9.94. The minimum Gasteiger partial charge on any atom is -0.337 e. The van der Waals surface area contributed by atoms with E-state index in [1.165, 1.54) is 4.90 Å². The van der Waals surface area contributed by atoms with Crippen molar-refractivity contribution >= 4 is 35.8 Å². The average Bonchev–Trinajstić information content (AvgIpc) is 3.27. The van der Waals surface area contributed by atoms with Crippen LogP contribution in [0.3, 0.4) is 0 Å². The number of imide groups is 1. The molecule has 0 saturated carbocycles. The predicted molar refractivity (Wildman–Crippen MR) is 116 cm³/mol. The van der Waals surface area contributed by atoms with Gasteiger partial charge in [-0.15, -0.1) is 12.4 Å². The second kappa shape index (κ2) is 7.85. The van der Waals surface area contributed by atoms with Crippen LogP contribution >= 0.6 is 12.4 Å². The van der Waals surface area contributed by atoms with Crippen LogP contribution in [0.2, 0.25) is 0 Å². The molecule has 3 aliphatic heterocycles. The van der Waals surface area contributed by atoms with Gasteiger partial charge in [0.1, 0.15) is 0 Å². The molecule has 2 aromatic carbocycles. The van der Waals surface area contributed by atoms with Gasteiger partial charge in [-0.25, -0.2) is 4.90 Å². The Balaban J connectivity index is 0.00000218. The highest BCUT2D eigenvalue weighted by molar-refractivity contribution is 6.35. The van der Waals surface area contributed by atoms with Crippen LogP contribution in [0.25, 0.3) is 0 Å². The standard InChI is InChI=1S/C23H23N3O3.ClH/c1-14-5-2-3-7-20(14)26-22(28)17-9-8-15(11-18(17)23(26)29)21(27)25-12-16-6-4-10-24-19(16)13-25;/h2-3,5,7-9,11,16,19,24H,4,6,10,12-13H2,1H3;1H/t16-,19+;/m0./s1. The summed E-state index contributed by atoms with van der Waals surface area (Å²) in [7, 11) is 0. The van der Waals surface area contributed by atoms with Gasteiger partial charge in [-0.1, -0.05) is 18.2 Å². The van der Waals surface area contributed by atoms with Gasteiger partial charge in [-0.3, -0.25) is 14.4 Å². The number of likely N-dealkylation sites (tertiary alicyclic amines) is 1. The lowest BCUT2D eigenvalue weighted by molar-refractivity contribution is 0.0785. The van der Waals surface area contributed by atoms with Crippen LogP contribution in [0.4, 0.5) is 5.69 Å². The van der Waals surface area contributed by atoms with Crippen molar-refractivity contribution in [2.45, 2.75) is 25.8 Å². The summed E-state index contributed by atoms with van der Waals surface area (Å²) >= 11 is 0. The molecule has 7 heteroatoms. The maximum absolute atomic E-state index is 13.1. The van der Waals surface area contributed by atoms with E-state index in [2.05, 4.69) is 5.32 Å². The average molecular weight is 426 g/mol. The number of halogens is 1. The lowest BCUT2D eigenvalue weighted by Crippen LogP contribution is -2.41. The van der Waals surface area contributed by atoms with Crippen LogP contribution < -0.4 is 10.2 Å². The first-order valence-corrected chi connectivity index (χ1v) is 10.2. The monoisotopic (exact) mass is 425 g/mol. The number of rotatable bonds is 2. The first kappa shape index (κ1) is 20.6. The van der Waals surface area contributed by atoms with E-state index in [0.717, 1.165) is 31.5 Å². The van der Waals surface area contributed by atoms with Crippen LogP contribution in [-0.4, -0.2) is 48.3 Å². The van der Waals surface area contributed by atoms with E-state index in [9.17, 15) is 14.4 Å². The number of carbonyl (C=O) groups excluding carboxylic acids is 3. The number of nitrogens with zero attached hydrogens (tertiary/aromatic N) is 2. The molecule has 5 rings (SSSR count). The Kier molecular flexibility index (Phi) is 5.38. The predicted octanol–water partition coefficient (Wildman–Crippen LogP) is 3.04. The normalized spacial score (nSPS) is 22.6. The van der Waals surface area contributed by atoms with E-state index in [4.69, 9.17) is 0 Å². The number of anilines is 1. The van der Waals surface area contributed by atoms with Crippen LogP contribution in [0.15, 0.2) is 42.5 Å². The molecular weight excluding hydrogens is 402 g/mol. The topological polar surface area (TPSA) is 69.7 Å². The molecular formula is C23H24ClN3O3. The first-order valence-electron chi connectivity index (χ1n) is 10.2. The van der Waals surface area contributed by atoms with Crippen molar-refractivity contribution < 1.29 is 14.4 Å². The third kappa shape index (κ3) is 3.20. The number of carbonyl (C=O) groups is 3. The molecule has 2 atom stereocenters. The summed E-state index contributed by atoms with van der Waals surface area (Å²) in [6.07, 6.45) is 2.29. The Morgan fingerprint density at radius 3 is 2.57 bits per heavy atom. The zero-order valence-electron chi connectivity index (χ0n) is 16.8. The Bertz CT molecular complexity index is 1020. The number of nitrogens with one attached hydrogen (secondary N) is 1. The summed E-state index contributed by atoms with van der Waals surface area (Å²) in [5, 5.41) is 3.50. The van der Waals surface area contributed by atoms with Gasteiger partial charge in [0.15, 0.2) is 0 Å². The molecule has 2 fully saturated rings. The van der Waals surface area contributed by atoms with Gasteiger partial charge in [0.2, 0.25) is 0 Å². The smallest absolute Gasteiger partial charge is 0.266 e. The third-order valence-corrected chi connectivity index (χ3v) is 6.38. The van der Waals surface area contributed by atoms with Gasteiger partial charge in [-0.2, -0.15) is 0 Å². The highest BCUT2D eigenvalue weighted by Gasteiger charge is 2.40. The molecule has 0 radical (unpaired) electrons. The molecule has 0 aromatic heterocycles. The molecule has 0 spiro atoms. The van der Waals surface area contributed by atoms with Crippen LogP contribution in [0.5, 0.6) is 0 Å². The Labute approximate surface area is 181 Å². The molecule has 0 bridgehead atoms. The molecule has 156 valence electrons. The van der Waals surface area contributed by atoms with Crippen LogP contribution in [0, 0.1) is 12.8 Å². The fourth-order valence-corrected chi connectivity index (χ4v) is 4.80. The zero-order valence-corrected chi connectivity index (χ0v) is 17.6. The second-order valence-corrected chi connectivity index (χ2v) is 8.17. The Morgan fingerprint density at radius 2 is 1.80 bits per heavy atom. The largest absolute Gasteiger partial charge is 0.337 e. The number of benzene rings is 2. The second-order valence-electron chi connectivity index (χ2n) is 8.17. The third-order valence-electron chi connectivity index (χ3n) is 6.38. The maximum Gasteiger partial charge on any atom is 0.266 e. The molecule has 6 nitrogen and oxygen atoms in total. The van der Waals surface area contributed by atoms with E-state index in [1.54, 1.807) is 24.3 Å². The van der Waals surface area contributed by atoms with Crippen LogP contribution in [-0.2, 0) is 0 Å². The molecule has 3 aliphatic rings. The number of amides is 3. The Morgan fingerprint density at radius 1 is 1.03 bits per heavy atom. The lowest BCUT2D eigenvalue weighted by Gasteiger charge is -2.24. The summed E-state index contributed by atoms with van der Waals surface area (Å²) in [5.74, 6) is -0.277. The number of piperidine rings is 1. The fourth-order valence-electron chi connectivity index (χ4n) is 4.80. The summed E-state index contributed by atoms with van der Waals surface area (Å²) in [4.78, 5) is 42.1. The van der Waals surface area contributed by atoms with E-state index < -0.39 is 0 Å². The summed E-state index contributed by atoms with van der Waals surface area (Å²) < 4.78 is 0. The number of aryl methyl sites for hydroxylation is 1. The summed E-state index contributed by atoms with van der Waals surface area (Å²) in [6, 6.07) is 12.5. The van der Waals surface area contributed by atoms with Gasteiger partial charge in [-0.05, 0) is 62.1 Å². The van der Waals surface area contributed by atoms with Gasteiger partial charge >= 0.3 is 0 Å². The van der Waals surface area contributed by atoms with Crippen molar-refractivity contribution in [3.05, 3.63) is 64.7 Å². The van der Waals surface area contributed by atoms with Gasteiger partial charge < -0.3 is 10.2 Å². The van der Waals surface area contributed by atoms with Crippen molar-refractivity contribution in [2.75, 3.05) is 24.5 Å². The quantitative estimate of drug-likeness (QED) is 0.751. The van der Waals surface area contributed by atoms with Crippen molar-refractivity contribution in [1.82, 2.24) is 10.2 Å². The Hall–Kier alpha value is -2.70. The van der Waals surface area contributed by atoms with Gasteiger partial charge in [0.05, 0.1) is 16.8 Å². The SMILES string of the molecule is Cc1ccccc1N1C(=O)c2ccc(C(=O)N3C[C@@H]4CCCN[C@@H]4C3)cc2C1=O.Cl. The molecule has 3 amide bonds. The van der Waals surface area contributed by atoms with Crippen molar-refractivity contribution in [3.8, 4) is 0 Å². The fraction of sp³-hybridized carbons (Fsp3) is 0.348. The molecule has 3 heterocycles. The minimum absolute atomic E-state index is 0. The van der Waals surface area contributed by atoms with Gasteiger partial charge in [0, 0.05) is 24.7 Å². The highest BCUT2D eigenvalue weighted by atomic mass is 35.5. The van der Waals surface area contributed by atoms with Crippen molar-refractivity contribution in [2.24, 2.45) is 5.92 Å². The number of fused-ring (bicyclic) bond motifs is 2. The first-order chi connectivity index (χ1) is 14.0. The number of hydrogen-bond donors (Lipinski definition) is 1. The molecule has 0 aliphatic carbocycles. The van der Waals surface area contributed by atoms with E-state index in [-0.39, 0.29) is 30.1 Å². The number of hydrogen-bond acceptors (Lipinski definition) is 4. The molecule has 30 heavy (non-hydrogen) atoms. The molecule has 1 N–H and O–H groups in total. The summed E-state index contributed by atoms with van der Waals surface area (Å²) in [6.45, 7) is 4.32. The molecule has 2 saturated heterocycles. The number of para-hydroxylation sites is 1. The highest BCUT2D eigenvalue weighted by Crippen LogP contribution is 2.32. The van der Waals surface area contributed by atoms with E-state index >= 15 is 0 Å². The maximum atomic E-state index is 13.1. The molecule has 2 aromatic rings. The van der Waals surface area contributed by atoms with E-state index in [0.29, 0.717) is 40.9 Å².